The lowest BCUT2D eigenvalue weighted by molar-refractivity contribution is -0.128. The van der Waals surface area contributed by atoms with Gasteiger partial charge in [-0.1, -0.05) is 50.3 Å². The molecule has 0 heterocycles. The van der Waals surface area contributed by atoms with Gasteiger partial charge in [0.05, 0.1) is 11.7 Å². The molecule has 11 nitrogen and oxygen atoms in total. The minimum Gasteiger partial charge on any atom is -0.490 e. The lowest BCUT2D eigenvalue weighted by atomic mass is 9.85. The Labute approximate surface area is 234 Å². The second-order valence-corrected chi connectivity index (χ2v) is 11.4. The number of hydrogen-bond donors (Lipinski definition) is 5. The fourth-order valence-corrected chi connectivity index (χ4v) is 5.36. The Morgan fingerprint density at radius 3 is 2.30 bits per heavy atom. The fourth-order valence-electron chi connectivity index (χ4n) is 4.97. The van der Waals surface area contributed by atoms with E-state index in [2.05, 4.69) is 15.2 Å². The molecule has 0 aliphatic heterocycles. The van der Waals surface area contributed by atoms with Crippen LogP contribution in [0.25, 0.3) is 0 Å². The average molecular weight is 576 g/mol. The summed E-state index contributed by atoms with van der Waals surface area (Å²) in [5, 5.41) is 5.38. The molecule has 0 radical (unpaired) electrons. The first-order valence-corrected chi connectivity index (χ1v) is 14.9. The molecule has 2 aromatic carbocycles. The van der Waals surface area contributed by atoms with Crippen molar-refractivity contribution < 1.29 is 38.0 Å². The van der Waals surface area contributed by atoms with Crippen molar-refractivity contribution in [1.82, 2.24) is 10.6 Å². The number of amides is 3. The standard InChI is InChI=1S/C28H38N3O8P/c1-18(14-20-6-4-3-5-7-20)38-26-13-10-22(15-24(26)27(29)33)17-30-28(34)25(31-19(2)32)16-21-8-11-23(12-9-21)39-40(35,36)37/h8-13,15,18,20,25H,3-7,14,16-17H2,1-2H3,(H2,29,33)(H,30,34)(H,31,32)(H2,35,36,37)/t18?,25-/m0/s1. The maximum Gasteiger partial charge on any atom is 0.524 e. The molecule has 1 aliphatic carbocycles. The molecule has 0 aromatic heterocycles. The van der Waals surface area contributed by atoms with E-state index < -0.39 is 31.6 Å². The van der Waals surface area contributed by atoms with Gasteiger partial charge in [0.2, 0.25) is 11.8 Å². The summed E-state index contributed by atoms with van der Waals surface area (Å²) in [6.07, 6.45) is 7.14. The molecule has 1 aliphatic rings. The van der Waals surface area contributed by atoms with E-state index in [1.165, 1.54) is 51.2 Å². The first-order chi connectivity index (χ1) is 18.9. The predicted molar refractivity (Wildman–Crippen MR) is 149 cm³/mol. The van der Waals surface area contributed by atoms with Crippen LogP contribution in [0.15, 0.2) is 42.5 Å². The minimum absolute atomic E-state index is 0.0290. The molecule has 2 atom stereocenters. The highest BCUT2D eigenvalue weighted by atomic mass is 31.2. The van der Waals surface area contributed by atoms with Gasteiger partial charge in [-0.2, -0.15) is 0 Å². The molecule has 3 amide bonds. The van der Waals surface area contributed by atoms with Crippen LogP contribution in [0.4, 0.5) is 0 Å². The van der Waals surface area contributed by atoms with E-state index >= 15 is 0 Å². The number of rotatable bonds is 13. The second kappa shape index (κ2) is 14.3. The predicted octanol–water partition coefficient (Wildman–Crippen LogP) is 3.36. The quantitative estimate of drug-likeness (QED) is 0.226. The highest BCUT2D eigenvalue weighted by Gasteiger charge is 2.22. The Morgan fingerprint density at radius 1 is 1.05 bits per heavy atom. The van der Waals surface area contributed by atoms with Gasteiger partial charge in [0.15, 0.2) is 0 Å². The highest BCUT2D eigenvalue weighted by molar-refractivity contribution is 7.46. The summed E-state index contributed by atoms with van der Waals surface area (Å²) in [6.45, 7) is 3.38. The SMILES string of the molecule is CC(=O)N[C@@H](Cc1ccc(OP(=O)(O)O)cc1)C(=O)NCc1ccc(OC(C)CC2CCCCC2)c(C(N)=O)c1. The number of carbonyl (C=O) groups excluding carboxylic acids is 3. The van der Waals surface area contributed by atoms with E-state index in [9.17, 15) is 18.9 Å². The van der Waals surface area contributed by atoms with Crippen molar-refractivity contribution in [3.05, 3.63) is 59.2 Å². The largest absolute Gasteiger partial charge is 0.524 e. The third-order valence-corrected chi connectivity index (χ3v) is 7.22. The van der Waals surface area contributed by atoms with E-state index in [1.54, 1.807) is 30.3 Å². The van der Waals surface area contributed by atoms with E-state index in [4.69, 9.17) is 20.3 Å². The molecule has 1 unspecified atom stereocenters. The van der Waals surface area contributed by atoms with Crippen molar-refractivity contribution in [2.75, 3.05) is 0 Å². The summed E-state index contributed by atoms with van der Waals surface area (Å²) in [5.74, 6) is -0.478. The van der Waals surface area contributed by atoms with Gasteiger partial charge in [-0.3, -0.25) is 24.2 Å². The van der Waals surface area contributed by atoms with Gasteiger partial charge in [0.25, 0.3) is 5.91 Å². The van der Waals surface area contributed by atoms with E-state index in [1.807, 2.05) is 6.92 Å². The van der Waals surface area contributed by atoms with Crippen molar-refractivity contribution >= 4 is 25.5 Å². The Hall–Kier alpha value is -3.40. The maximum atomic E-state index is 13.0. The van der Waals surface area contributed by atoms with Crippen LogP contribution in [0.1, 0.15) is 73.9 Å². The lowest BCUT2D eigenvalue weighted by Crippen LogP contribution is -2.47. The summed E-state index contributed by atoms with van der Waals surface area (Å²) in [5.41, 5.74) is 7.13. The third-order valence-electron chi connectivity index (χ3n) is 6.78. The van der Waals surface area contributed by atoms with Crippen LogP contribution in [0, 0.1) is 5.92 Å². The number of primary amides is 1. The monoisotopic (exact) mass is 575 g/mol. The van der Waals surface area contributed by atoms with E-state index in [0.717, 1.165) is 6.42 Å². The molecule has 12 heteroatoms. The molecule has 1 saturated carbocycles. The van der Waals surface area contributed by atoms with Crippen LogP contribution < -0.4 is 25.6 Å². The molecule has 1 fully saturated rings. The summed E-state index contributed by atoms with van der Waals surface area (Å²) in [6, 6.07) is 9.93. The first kappa shape index (κ1) is 31.1. The molecule has 0 bridgehead atoms. The van der Waals surface area contributed by atoms with Crippen LogP contribution in [0.3, 0.4) is 0 Å². The van der Waals surface area contributed by atoms with Crippen molar-refractivity contribution in [3.63, 3.8) is 0 Å². The Balaban J connectivity index is 1.62. The Kier molecular flexibility index (Phi) is 11.1. The number of ether oxygens (including phenoxy) is 1. The van der Waals surface area contributed by atoms with Crippen molar-refractivity contribution in [2.45, 2.75) is 77.5 Å². The van der Waals surface area contributed by atoms with Gasteiger partial charge < -0.3 is 25.6 Å². The van der Waals surface area contributed by atoms with Gasteiger partial charge in [-0.25, -0.2) is 4.57 Å². The second-order valence-electron chi connectivity index (χ2n) is 10.3. The highest BCUT2D eigenvalue weighted by Crippen LogP contribution is 2.37. The van der Waals surface area contributed by atoms with Crippen LogP contribution in [-0.2, 0) is 27.1 Å². The van der Waals surface area contributed by atoms with Gasteiger partial charge in [-0.15, -0.1) is 0 Å². The number of phosphoric ester groups is 1. The summed E-state index contributed by atoms with van der Waals surface area (Å²) in [7, 11) is -4.69. The molecular weight excluding hydrogens is 537 g/mol. The Morgan fingerprint density at radius 2 is 1.70 bits per heavy atom. The number of phosphoric acid groups is 1. The molecule has 218 valence electrons. The molecule has 2 aromatic rings. The van der Waals surface area contributed by atoms with Gasteiger partial charge in [0.1, 0.15) is 17.5 Å². The normalized spacial score (nSPS) is 15.5. The van der Waals surface area contributed by atoms with Gasteiger partial charge in [-0.05, 0) is 54.7 Å². The molecule has 0 spiro atoms. The Bertz CT molecular complexity index is 1220. The molecule has 3 rings (SSSR count). The first-order valence-electron chi connectivity index (χ1n) is 13.4. The van der Waals surface area contributed by atoms with E-state index in [-0.39, 0.29) is 30.4 Å². The lowest BCUT2D eigenvalue weighted by Gasteiger charge is -2.25. The van der Waals surface area contributed by atoms with Crippen LogP contribution >= 0.6 is 7.82 Å². The molecular formula is C28H38N3O8P. The molecule has 40 heavy (non-hydrogen) atoms. The van der Waals surface area contributed by atoms with Crippen LogP contribution in [0.5, 0.6) is 11.5 Å². The van der Waals surface area contributed by atoms with Crippen molar-refractivity contribution in [2.24, 2.45) is 11.7 Å². The topological polar surface area (TPSA) is 177 Å². The smallest absolute Gasteiger partial charge is 0.490 e. The number of hydrogen-bond acceptors (Lipinski definition) is 6. The van der Waals surface area contributed by atoms with Crippen LogP contribution in [0.2, 0.25) is 0 Å². The zero-order valence-corrected chi connectivity index (χ0v) is 23.7. The van der Waals surface area contributed by atoms with E-state index in [0.29, 0.717) is 22.8 Å². The number of benzene rings is 2. The average Bonchev–Trinajstić information content (AvgIpc) is 2.88. The number of nitrogens with one attached hydrogen (secondary N) is 2. The van der Waals surface area contributed by atoms with Crippen LogP contribution in [-0.4, -0.2) is 39.7 Å². The summed E-state index contributed by atoms with van der Waals surface area (Å²) in [4.78, 5) is 54.7. The summed E-state index contributed by atoms with van der Waals surface area (Å²) < 4.78 is 21.6. The van der Waals surface area contributed by atoms with Crippen molar-refractivity contribution in [1.29, 1.82) is 0 Å². The zero-order chi connectivity index (χ0) is 29.3. The van der Waals surface area contributed by atoms with Crippen molar-refractivity contribution in [3.8, 4) is 11.5 Å². The summed E-state index contributed by atoms with van der Waals surface area (Å²) >= 11 is 0. The zero-order valence-electron chi connectivity index (χ0n) is 22.8. The molecule has 0 saturated heterocycles. The van der Waals surface area contributed by atoms with Gasteiger partial charge in [0, 0.05) is 19.9 Å². The number of carbonyl (C=O) groups is 3. The fraction of sp³-hybridized carbons (Fsp3) is 0.464. The number of nitrogens with two attached hydrogens (primary N) is 1. The maximum absolute atomic E-state index is 13.0. The minimum atomic E-state index is -4.69. The third kappa shape index (κ3) is 10.3. The molecule has 6 N–H and O–H groups in total. The van der Waals surface area contributed by atoms with Gasteiger partial charge >= 0.3 is 7.82 Å².